The Morgan fingerprint density at radius 3 is 1.95 bits per heavy atom. The van der Waals surface area contributed by atoms with Crippen LogP contribution in [0.5, 0.6) is 0 Å². The van der Waals surface area contributed by atoms with Crippen molar-refractivity contribution in [3.8, 4) is 0 Å². The SMILES string of the molecule is CN(C)c1ccc(NS(=O)(=O)c2cc(Cl)cc(Cl)c2)cc1. The van der Waals surface area contributed by atoms with Crippen LogP contribution in [0.15, 0.2) is 47.4 Å². The molecule has 4 nitrogen and oxygen atoms in total. The van der Waals surface area contributed by atoms with Gasteiger partial charge in [-0.15, -0.1) is 0 Å². The fraction of sp³-hybridized carbons (Fsp3) is 0.143. The first-order valence-electron chi connectivity index (χ1n) is 6.04. The van der Waals surface area contributed by atoms with Gasteiger partial charge in [0.1, 0.15) is 0 Å². The predicted molar refractivity (Wildman–Crippen MR) is 88.0 cm³/mol. The Hall–Kier alpha value is -1.43. The van der Waals surface area contributed by atoms with Crippen molar-refractivity contribution >= 4 is 44.6 Å². The molecule has 7 heteroatoms. The smallest absolute Gasteiger partial charge is 0.261 e. The molecule has 2 rings (SSSR count). The monoisotopic (exact) mass is 344 g/mol. The second-order valence-electron chi connectivity index (χ2n) is 4.65. The second kappa shape index (κ2) is 6.13. The third kappa shape index (κ3) is 4.03. The fourth-order valence-corrected chi connectivity index (χ4v) is 3.51. The standard InChI is InChI=1S/C14H14Cl2N2O2S/c1-18(2)13-5-3-12(4-6-13)17-21(19,20)14-8-10(15)7-11(16)9-14/h3-9,17H,1-2H3. The van der Waals surface area contributed by atoms with Gasteiger partial charge in [0.25, 0.3) is 10.0 Å². The van der Waals surface area contributed by atoms with E-state index in [0.717, 1.165) is 5.69 Å². The van der Waals surface area contributed by atoms with Gasteiger partial charge in [-0.2, -0.15) is 0 Å². The Labute approximate surface area is 134 Å². The van der Waals surface area contributed by atoms with Crippen LogP contribution in [-0.2, 0) is 10.0 Å². The lowest BCUT2D eigenvalue weighted by Crippen LogP contribution is -2.13. The molecule has 0 unspecified atom stereocenters. The minimum absolute atomic E-state index is 0.0247. The van der Waals surface area contributed by atoms with E-state index in [1.54, 1.807) is 12.1 Å². The molecule has 0 atom stereocenters. The van der Waals surface area contributed by atoms with Gasteiger partial charge in [-0.05, 0) is 42.5 Å². The summed E-state index contributed by atoms with van der Waals surface area (Å²) in [5.41, 5.74) is 1.44. The van der Waals surface area contributed by atoms with E-state index < -0.39 is 10.0 Å². The minimum Gasteiger partial charge on any atom is -0.378 e. The Morgan fingerprint density at radius 1 is 0.952 bits per heavy atom. The maximum absolute atomic E-state index is 12.3. The van der Waals surface area contributed by atoms with Crippen molar-refractivity contribution in [1.29, 1.82) is 0 Å². The lowest BCUT2D eigenvalue weighted by Gasteiger charge is -2.13. The highest BCUT2D eigenvalue weighted by molar-refractivity contribution is 7.92. The Kier molecular flexibility index (Phi) is 4.66. The zero-order chi connectivity index (χ0) is 15.6. The topological polar surface area (TPSA) is 49.4 Å². The Morgan fingerprint density at radius 2 is 1.48 bits per heavy atom. The van der Waals surface area contributed by atoms with Crippen LogP contribution in [0.3, 0.4) is 0 Å². The molecule has 0 radical (unpaired) electrons. The zero-order valence-electron chi connectivity index (χ0n) is 11.5. The molecule has 0 heterocycles. The first-order valence-corrected chi connectivity index (χ1v) is 8.28. The number of halogens is 2. The van der Waals surface area contributed by atoms with E-state index in [-0.39, 0.29) is 14.9 Å². The van der Waals surface area contributed by atoms with E-state index in [1.165, 1.54) is 18.2 Å². The number of nitrogens with zero attached hydrogens (tertiary/aromatic N) is 1. The van der Waals surface area contributed by atoms with Crippen molar-refractivity contribution in [1.82, 2.24) is 0 Å². The molecular weight excluding hydrogens is 331 g/mol. The number of benzene rings is 2. The molecule has 0 aliphatic rings. The summed E-state index contributed by atoms with van der Waals surface area (Å²) in [5.74, 6) is 0. The first kappa shape index (κ1) is 15.9. The van der Waals surface area contributed by atoms with Gasteiger partial charge in [-0.1, -0.05) is 23.2 Å². The Bertz CT molecular complexity index is 724. The van der Waals surface area contributed by atoms with Gasteiger partial charge in [0.15, 0.2) is 0 Å². The van der Waals surface area contributed by atoms with Crippen LogP contribution in [0.4, 0.5) is 11.4 Å². The van der Waals surface area contributed by atoms with Crippen LogP contribution in [0.25, 0.3) is 0 Å². The normalized spacial score (nSPS) is 11.2. The third-order valence-electron chi connectivity index (χ3n) is 2.78. The number of rotatable bonds is 4. The first-order chi connectivity index (χ1) is 9.78. The summed E-state index contributed by atoms with van der Waals surface area (Å²) in [6.45, 7) is 0. The number of hydrogen-bond donors (Lipinski definition) is 1. The highest BCUT2D eigenvalue weighted by Crippen LogP contribution is 2.24. The van der Waals surface area contributed by atoms with Gasteiger partial charge in [0, 0.05) is 35.5 Å². The molecule has 1 N–H and O–H groups in total. The van der Waals surface area contributed by atoms with E-state index in [4.69, 9.17) is 23.2 Å². The molecule has 0 aliphatic heterocycles. The summed E-state index contributed by atoms with van der Waals surface area (Å²) in [7, 11) is 0.0958. The Balaban J connectivity index is 2.28. The lowest BCUT2D eigenvalue weighted by atomic mass is 10.3. The molecule has 0 aromatic heterocycles. The summed E-state index contributed by atoms with van der Waals surface area (Å²) in [6, 6.07) is 11.2. The zero-order valence-corrected chi connectivity index (χ0v) is 13.8. The molecule has 21 heavy (non-hydrogen) atoms. The minimum atomic E-state index is -3.72. The van der Waals surface area contributed by atoms with Crippen LogP contribution in [0.1, 0.15) is 0 Å². The van der Waals surface area contributed by atoms with Crippen LogP contribution in [-0.4, -0.2) is 22.5 Å². The summed E-state index contributed by atoms with van der Waals surface area (Å²) < 4.78 is 27.1. The molecule has 0 aliphatic carbocycles. The molecular formula is C14H14Cl2N2O2S. The van der Waals surface area contributed by atoms with Crippen molar-refractivity contribution in [2.24, 2.45) is 0 Å². The molecule has 2 aromatic carbocycles. The molecule has 0 saturated carbocycles. The van der Waals surface area contributed by atoms with Crippen LogP contribution < -0.4 is 9.62 Å². The quantitative estimate of drug-likeness (QED) is 0.915. The van der Waals surface area contributed by atoms with Gasteiger partial charge >= 0.3 is 0 Å². The predicted octanol–water partition coefficient (Wildman–Crippen LogP) is 3.86. The third-order valence-corrected chi connectivity index (χ3v) is 4.58. The van der Waals surface area contributed by atoms with E-state index in [9.17, 15) is 8.42 Å². The van der Waals surface area contributed by atoms with Gasteiger partial charge < -0.3 is 4.90 Å². The van der Waals surface area contributed by atoms with Crippen molar-refractivity contribution in [3.63, 3.8) is 0 Å². The lowest BCUT2D eigenvalue weighted by molar-refractivity contribution is 0.601. The fourth-order valence-electron chi connectivity index (χ4n) is 1.73. The van der Waals surface area contributed by atoms with Gasteiger partial charge in [-0.3, -0.25) is 4.72 Å². The number of anilines is 2. The number of sulfonamides is 1. The summed E-state index contributed by atoms with van der Waals surface area (Å²) >= 11 is 11.7. The highest BCUT2D eigenvalue weighted by Gasteiger charge is 2.15. The van der Waals surface area contributed by atoms with Crippen molar-refractivity contribution in [2.45, 2.75) is 4.90 Å². The van der Waals surface area contributed by atoms with Gasteiger partial charge in [-0.25, -0.2) is 8.42 Å². The van der Waals surface area contributed by atoms with E-state index >= 15 is 0 Å². The molecule has 112 valence electrons. The molecule has 0 bridgehead atoms. The molecule has 0 amide bonds. The number of nitrogens with one attached hydrogen (secondary N) is 1. The van der Waals surface area contributed by atoms with E-state index in [0.29, 0.717) is 5.69 Å². The summed E-state index contributed by atoms with van der Waals surface area (Å²) in [5, 5.41) is 0.539. The molecule has 0 saturated heterocycles. The highest BCUT2D eigenvalue weighted by atomic mass is 35.5. The van der Waals surface area contributed by atoms with Crippen LogP contribution in [0, 0.1) is 0 Å². The van der Waals surface area contributed by atoms with E-state index in [2.05, 4.69) is 4.72 Å². The van der Waals surface area contributed by atoms with Crippen molar-refractivity contribution in [3.05, 3.63) is 52.5 Å². The van der Waals surface area contributed by atoms with Crippen molar-refractivity contribution in [2.75, 3.05) is 23.7 Å². The second-order valence-corrected chi connectivity index (χ2v) is 7.21. The summed E-state index contributed by atoms with van der Waals surface area (Å²) in [4.78, 5) is 1.95. The van der Waals surface area contributed by atoms with Gasteiger partial charge in [0.2, 0.25) is 0 Å². The maximum Gasteiger partial charge on any atom is 0.261 e. The summed E-state index contributed by atoms with van der Waals surface area (Å²) in [6.07, 6.45) is 0. The maximum atomic E-state index is 12.3. The molecule has 0 spiro atoms. The van der Waals surface area contributed by atoms with Crippen LogP contribution >= 0.6 is 23.2 Å². The largest absolute Gasteiger partial charge is 0.378 e. The van der Waals surface area contributed by atoms with Crippen LogP contribution in [0.2, 0.25) is 10.0 Å². The molecule has 0 fully saturated rings. The van der Waals surface area contributed by atoms with E-state index in [1.807, 2.05) is 31.1 Å². The average Bonchev–Trinajstić information content (AvgIpc) is 2.37. The number of hydrogen-bond acceptors (Lipinski definition) is 3. The van der Waals surface area contributed by atoms with Crippen molar-refractivity contribution < 1.29 is 8.42 Å². The molecule has 2 aromatic rings. The average molecular weight is 345 g/mol. The van der Waals surface area contributed by atoms with Gasteiger partial charge in [0.05, 0.1) is 4.90 Å².